The van der Waals surface area contributed by atoms with Crippen LogP contribution < -0.4 is 10.2 Å². The highest BCUT2D eigenvalue weighted by atomic mass is 35.5. The Kier molecular flexibility index (Phi) is 6.00. The van der Waals surface area contributed by atoms with Gasteiger partial charge in [-0.15, -0.1) is 0 Å². The summed E-state index contributed by atoms with van der Waals surface area (Å²) in [4.78, 5) is 13.1. The molecule has 0 bridgehead atoms. The highest BCUT2D eigenvalue weighted by Crippen LogP contribution is 2.24. The molecule has 0 aromatic heterocycles. The van der Waals surface area contributed by atoms with Crippen molar-refractivity contribution in [2.45, 2.75) is 6.54 Å². The molecule has 0 spiro atoms. The smallest absolute Gasteiger partial charge is 0.279 e. The molecule has 0 saturated heterocycles. The highest BCUT2D eigenvalue weighted by Gasteiger charge is 2.14. The third kappa shape index (κ3) is 4.70. The molecule has 2 rings (SSSR count). The van der Waals surface area contributed by atoms with Gasteiger partial charge < -0.3 is 10.2 Å². The standard InChI is InChI=1S/C17H15Cl2N3O/c1-22(10-13-6-4-7-14(18)17(13)19)11-16(23)21-15-8-3-2-5-12(15)9-20/h2-8H,10-11H2,1H3,(H,21,23)/p+1. The number of hydrogen-bond donors (Lipinski definition) is 2. The molecule has 0 aliphatic heterocycles. The van der Waals surface area contributed by atoms with Crippen molar-refractivity contribution in [3.8, 4) is 6.07 Å². The number of benzene rings is 2. The summed E-state index contributed by atoms with van der Waals surface area (Å²) < 4.78 is 0. The first-order valence-corrected chi connectivity index (χ1v) is 7.80. The molecule has 1 unspecified atom stereocenters. The first kappa shape index (κ1) is 17.3. The maximum atomic E-state index is 12.1. The van der Waals surface area contributed by atoms with Crippen molar-refractivity contribution in [1.82, 2.24) is 0 Å². The van der Waals surface area contributed by atoms with E-state index < -0.39 is 0 Å². The van der Waals surface area contributed by atoms with Gasteiger partial charge in [-0.1, -0.05) is 47.5 Å². The van der Waals surface area contributed by atoms with Crippen LogP contribution in [0.1, 0.15) is 11.1 Å². The molecule has 0 aliphatic carbocycles. The summed E-state index contributed by atoms with van der Waals surface area (Å²) in [6.45, 7) is 0.829. The maximum absolute atomic E-state index is 12.1. The number of quaternary nitrogens is 1. The Bertz CT molecular complexity index is 756. The number of rotatable bonds is 5. The second kappa shape index (κ2) is 7.98. The van der Waals surface area contributed by atoms with Gasteiger partial charge in [0.15, 0.2) is 6.54 Å². The Hall–Kier alpha value is -2.06. The quantitative estimate of drug-likeness (QED) is 0.872. The van der Waals surface area contributed by atoms with Crippen LogP contribution in [0.25, 0.3) is 0 Å². The van der Waals surface area contributed by atoms with Crippen LogP contribution in [0.5, 0.6) is 0 Å². The first-order valence-electron chi connectivity index (χ1n) is 7.04. The molecule has 1 atom stereocenters. The first-order chi connectivity index (χ1) is 11.0. The molecular formula is C17H16Cl2N3O+. The van der Waals surface area contributed by atoms with Gasteiger partial charge in [0.25, 0.3) is 5.91 Å². The number of amides is 1. The normalized spacial score (nSPS) is 11.6. The third-order valence-corrected chi connectivity index (χ3v) is 4.17. The van der Waals surface area contributed by atoms with Crippen LogP contribution in [0.4, 0.5) is 5.69 Å². The van der Waals surface area contributed by atoms with E-state index in [0.29, 0.717) is 27.8 Å². The second-order valence-electron chi connectivity index (χ2n) is 5.23. The molecule has 1 amide bonds. The van der Waals surface area contributed by atoms with E-state index in [-0.39, 0.29) is 12.5 Å². The fourth-order valence-electron chi connectivity index (χ4n) is 2.23. The molecule has 0 saturated carbocycles. The molecule has 2 N–H and O–H groups in total. The van der Waals surface area contributed by atoms with E-state index in [1.54, 1.807) is 30.3 Å². The summed E-state index contributed by atoms with van der Waals surface area (Å²) in [5.41, 5.74) is 1.85. The highest BCUT2D eigenvalue weighted by molar-refractivity contribution is 6.42. The number of nitrogens with zero attached hydrogens (tertiary/aromatic N) is 1. The molecule has 2 aromatic carbocycles. The Balaban J connectivity index is 1.97. The third-order valence-electron chi connectivity index (χ3n) is 3.31. The minimum Gasteiger partial charge on any atom is -0.326 e. The van der Waals surface area contributed by atoms with Crippen LogP contribution in [0.15, 0.2) is 42.5 Å². The zero-order valence-corrected chi connectivity index (χ0v) is 14.1. The summed E-state index contributed by atoms with van der Waals surface area (Å²) >= 11 is 12.2. The zero-order valence-electron chi connectivity index (χ0n) is 12.6. The zero-order chi connectivity index (χ0) is 16.8. The van der Waals surface area contributed by atoms with Crippen molar-refractivity contribution in [3.63, 3.8) is 0 Å². The Morgan fingerprint density at radius 1 is 1.22 bits per heavy atom. The summed E-state index contributed by atoms with van der Waals surface area (Å²) in [7, 11) is 1.90. The number of para-hydroxylation sites is 1. The lowest BCUT2D eigenvalue weighted by Crippen LogP contribution is -3.08. The maximum Gasteiger partial charge on any atom is 0.279 e. The molecular weight excluding hydrogens is 333 g/mol. The van der Waals surface area contributed by atoms with E-state index >= 15 is 0 Å². The summed E-state index contributed by atoms with van der Waals surface area (Å²) in [6.07, 6.45) is 0. The van der Waals surface area contributed by atoms with Crippen LogP contribution >= 0.6 is 23.2 Å². The second-order valence-corrected chi connectivity index (χ2v) is 6.01. The van der Waals surface area contributed by atoms with Gasteiger partial charge in [0.2, 0.25) is 0 Å². The molecule has 0 radical (unpaired) electrons. The van der Waals surface area contributed by atoms with Crippen molar-refractivity contribution in [2.24, 2.45) is 0 Å². The molecule has 23 heavy (non-hydrogen) atoms. The van der Waals surface area contributed by atoms with Crippen LogP contribution in [-0.2, 0) is 11.3 Å². The van der Waals surface area contributed by atoms with Gasteiger partial charge in [0.05, 0.1) is 28.3 Å². The summed E-state index contributed by atoms with van der Waals surface area (Å²) in [5.74, 6) is -0.164. The number of anilines is 1. The Morgan fingerprint density at radius 2 is 1.96 bits per heavy atom. The molecule has 0 aliphatic rings. The predicted molar refractivity (Wildman–Crippen MR) is 91.7 cm³/mol. The SMILES string of the molecule is C[NH+](CC(=O)Nc1ccccc1C#N)Cc1cccc(Cl)c1Cl. The average Bonchev–Trinajstić information content (AvgIpc) is 2.52. The lowest BCUT2D eigenvalue weighted by molar-refractivity contribution is -0.885. The number of carbonyl (C=O) groups is 1. The summed E-state index contributed by atoms with van der Waals surface area (Å²) in [5, 5.41) is 12.8. The predicted octanol–water partition coefficient (Wildman–Crippen LogP) is 2.52. The van der Waals surface area contributed by atoms with Crippen LogP contribution in [0.3, 0.4) is 0 Å². The van der Waals surface area contributed by atoms with Crippen molar-refractivity contribution in [2.75, 3.05) is 18.9 Å². The Morgan fingerprint density at radius 3 is 2.70 bits per heavy atom. The fraction of sp³-hybridized carbons (Fsp3) is 0.176. The van der Waals surface area contributed by atoms with E-state index in [9.17, 15) is 4.79 Å². The molecule has 0 fully saturated rings. The van der Waals surface area contributed by atoms with Crippen molar-refractivity contribution in [1.29, 1.82) is 5.26 Å². The topological polar surface area (TPSA) is 57.3 Å². The van der Waals surface area contributed by atoms with Gasteiger partial charge in [0.1, 0.15) is 12.6 Å². The van der Waals surface area contributed by atoms with E-state index in [2.05, 4.69) is 11.4 Å². The number of nitriles is 1. The molecule has 2 aromatic rings. The summed E-state index contributed by atoms with van der Waals surface area (Å²) in [6, 6.07) is 14.4. The van der Waals surface area contributed by atoms with Crippen LogP contribution in [0.2, 0.25) is 10.0 Å². The lowest BCUT2D eigenvalue weighted by atomic mass is 10.2. The Labute approximate surface area is 145 Å². The minimum atomic E-state index is -0.164. The van der Waals surface area contributed by atoms with Gasteiger partial charge in [-0.3, -0.25) is 4.79 Å². The van der Waals surface area contributed by atoms with E-state index in [1.807, 2.05) is 19.2 Å². The van der Waals surface area contributed by atoms with Crippen molar-refractivity contribution < 1.29 is 9.69 Å². The van der Waals surface area contributed by atoms with E-state index in [1.165, 1.54) is 0 Å². The average molecular weight is 349 g/mol. The van der Waals surface area contributed by atoms with Crippen LogP contribution in [0, 0.1) is 11.3 Å². The largest absolute Gasteiger partial charge is 0.326 e. The van der Waals surface area contributed by atoms with Gasteiger partial charge in [0, 0.05) is 5.56 Å². The van der Waals surface area contributed by atoms with Gasteiger partial charge in [-0.05, 0) is 18.2 Å². The molecule has 0 heterocycles. The molecule has 4 nitrogen and oxygen atoms in total. The number of nitrogens with one attached hydrogen (secondary N) is 2. The van der Waals surface area contributed by atoms with E-state index in [4.69, 9.17) is 28.5 Å². The van der Waals surface area contributed by atoms with Crippen LogP contribution in [-0.4, -0.2) is 19.5 Å². The molecule has 118 valence electrons. The van der Waals surface area contributed by atoms with Gasteiger partial charge >= 0.3 is 0 Å². The van der Waals surface area contributed by atoms with E-state index in [0.717, 1.165) is 10.5 Å². The van der Waals surface area contributed by atoms with Gasteiger partial charge in [-0.2, -0.15) is 5.26 Å². The number of likely N-dealkylation sites (N-methyl/N-ethyl adjacent to an activating group) is 1. The minimum absolute atomic E-state index is 0.164. The number of carbonyl (C=O) groups excluding carboxylic acids is 1. The van der Waals surface area contributed by atoms with Gasteiger partial charge in [-0.25, -0.2) is 0 Å². The number of hydrogen-bond acceptors (Lipinski definition) is 2. The fourth-order valence-corrected chi connectivity index (χ4v) is 2.62. The van der Waals surface area contributed by atoms with Crippen molar-refractivity contribution in [3.05, 3.63) is 63.6 Å². The number of halogens is 2. The monoisotopic (exact) mass is 348 g/mol. The lowest BCUT2D eigenvalue weighted by Gasteiger charge is -2.15. The van der Waals surface area contributed by atoms with Crippen molar-refractivity contribution >= 4 is 34.8 Å². The molecule has 6 heteroatoms.